The van der Waals surface area contributed by atoms with Gasteiger partial charge in [-0.2, -0.15) is 0 Å². The first-order valence-electron chi connectivity index (χ1n) is 6.48. The molecular weight excluding hydrogens is 231 g/mol. The van der Waals surface area contributed by atoms with Gasteiger partial charge in [0.15, 0.2) is 0 Å². The molecule has 3 nitrogen and oxygen atoms in total. The van der Waals surface area contributed by atoms with Crippen molar-refractivity contribution < 1.29 is 9.18 Å². The maximum atomic E-state index is 12.7. The van der Waals surface area contributed by atoms with Gasteiger partial charge in [0.25, 0.3) is 0 Å². The number of hydrogen-bond donors (Lipinski definition) is 1. The van der Waals surface area contributed by atoms with Gasteiger partial charge in [0.05, 0.1) is 0 Å². The summed E-state index contributed by atoms with van der Waals surface area (Å²) < 4.78 is 12.7. The van der Waals surface area contributed by atoms with E-state index in [2.05, 4.69) is 5.32 Å². The predicted octanol–water partition coefficient (Wildman–Crippen LogP) is 1.58. The van der Waals surface area contributed by atoms with E-state index in [1.54, 1.807) is 12.1 Å². The molecule has 98 valence electrons. The molecule has 0 aromatic heterocycles. The van der Waals surface area contributed by atoms with Crippen LogP contribution in [0.1, 0.15) is 18.4 Å². The molecule has 1 amide bonds. The Morgan fingerprint density at radius 2 is 2.00 bits per heavy atom. The molecule has 4 heteroatoms. The van der Waals surface area contributed by atoms with Gasteiger partial charge in [0.2, 0.25) is 5.91 Å². The average Bonchev–Trinajstić information content (AvgIpc) is 2.66. The zero-order valence-electron chi connectivity index (χ0n) is 10.5. The van der Waals surface area contributed by atoms with Crippen molar-refractivity contribution in [1.29, 1.82) is 0 Å². The topological polar surface area (TPSA) is 32.3 Å². The summed E-state index contributed by atoms with van der Waals surface area (Å²) in [6, 6.07) is 6.37. The maximum Gasteiger partial charge on any atom is 0.222 e. The molecule has 0 aliphatic carbocycles. The smallest absolute Gasteiger partial charge is 0.222 e. The van der Waals surface area contributed by atoms with Crippen molar-refractivity contribution in [2.75, 3.05) is 26.2 Å². The Morgan fingerprint density at radius 3 is 2.78 bits per heavy atom. The lowest BCUT2D eigenvalue weighted by Crippen LogP contribution is -2.34. The van der Waals surface area contributed by atoms with Gasteiger partial charge in [-0.15, -0.1) is 0 Å². The number of nitrogens with zero attached hydrogens (tertiary/aromatic N) is 1. The van der Waals surface area contributed by atoms with E-state index in [1.165, 1.54) is 12.1 Å². The minimum absolute atomic E-state index is 0.197. The first-order chi connectivity index (χ1) is 8.75. The van der Waals surface area contributed by atoms with Crippen LogP contribution in [0, 0.1) is 5.82 Å². The molecule has 0 saturated carbocycles. The van der Waals surface area contributed by atoms with Crippen LogP contribution < -0.4 is 5.32 Å². The molecule has 0 atom stereocenters. The summed E-state index contributed by atoms with van der Waals surface area (Å²) in [6.45, 7) is 3.50. The number of nitrogens with one attached hydrogen (secondary N) is 1. The summed E-state index contributed by atoms with van der Waals surface area (Å²) >= 11 is 0. The number of rotatable bonds is 3. The summed E-state index contributed by atoms with van der Waals surface area (Å²) in [5.41, 5.74) is 1.01. The summed E-state index contributed by atoms with van der Waals surface area (Å²) in [6.07, 6.45) is 2.21. The summed E-state index contributed by atoms with van der Waals surface area (Å²) in [4.78, 5) is 13.9. The van der Waals surface area contributed by atoms with Crippen molar-refractivity contribution >= 4 is 5.91 Å². The van der Waals surface area contributed by atoms with E-state index in [1.807, 2.05) is 4.90 Å². The summed E-state index contributed by atoms with van der Waals surface area (Å²) in [5, 5.41) is 3.28. The molecule has 1 aliphatic heterocycles. The second-order valence-electron chi connectivity index (χ2n) is 4.61. The zero-order chi connectivity index (χ0) is 12.8. The molecule has 18 heavy (non-hydrogen) atoms. The van der Waals surface area contributed by atoms with Crippen molar-refractivity contribution in [3.05, 3.63) is 35.6 Å². The van der Waals surface area contributed by atoms with Gasteiger partial charge in [-0.05, 0) is 37.1 Å². The van der Waals surface area contributed by atoms with Gasteiger partial charge in [-0.1, -0.05) is 12.1 Å². The summed E-state index contributed by atoms with van der Waals surface area (Å²) in [5.74, 6) is -0.0355. The lowest BCUT2D eigenvalue weighted by atomic mass is 10.1. The van der Waals surface area contributed by atoms with Crippen LogP contribution in [0.4, 0.5) is 4.39 Å². The van der Waals surface area contributed by atoms with Gasteiger partial charge >= 0.3 is 0 Å². The fourth-order valence-corrected chi connectivity index (χ4v) is 2.16. The van der Waals surface area contributed by atoms with E-state index >= 15 is 0 Å². The van der Waals surface area contributed by atoms with Crippen LogP contribution in [0.25, 0.3) is 0 Å². The van der Waals surface area contributed by atoms with Crippen LogP contribution in [0.15, 0.2) is 24.3 Å². The number of amides is 1. The molecule has 1 aliphatic rings. The third kappa shape index (κ3) is 3.81. The molecular formula is C14H19FN2O. The molecule has 2 rings (SSSR count). The van der Waals surface area contributed by atoms with Gasteiger partial charge in [0.1, 0.15) is 5.82 Å². The first-order valence-corrected chi connectivity index (χ1v) is 6.48. The van der Waals surface area contributed by atoms with E-state index in [-0.39, 0.29) is 11.7 Å². The van der Waals surface area contributed by atoms with Gasteiger partial charge in [0, 0.05) is 26.1 Å². The monoisotopic (exact) mass is 250 g/mol. The highest BCUT2D eigenvalue weighted by Crippen LogP contribution is 2.07. The molecule has 0 radical (unpaired) electrons. The van der Waals surface area contributed by atoms with Gasteiger partial charge in [-0.25, -0.2) is 4.39 Å². The fourth-order valence-electron chi connectivity index (χ4n) is 2.16. The number of aryl methyl sites for hydroxylation is 1. The number of benzene rings is 1. The Bertz CT molecular complexity index is 383. The van der Waals surface area contributed by atoms with E-state index in [4.69, 9.17) is 0 Å². The minimum atomic E-state index is -0.233. The third-order valence-electron chi connectivity index (χ3n) is 3.23. The van der Waals surface area contributed by atoms with Crippen LogP contribution in [0.5, 0.6) is 0 Å². The highest BCUT2D eigenvalue weighted by molar-refractivity contribution is 5.76. The molecule has 0 spiro atoms. The first kappa shape index (κ1) is 13.0. The molecule has 1 saturated heterocycles. The van der Waals surface area contributed by atoms with Gasteiger partial charge < -0.3 is 10.2 Å². The van der Waals surface area contributed by atoms with Crippen molar-refractivity contribution in [2.45, 2.75) is 19.3 Å². The van der Waals surface area contributed by atoms with Crippen LogP contribution in [0.3, 0.4) is 0 Å². The molecule has 1 aromatic rings. The Balaban J connectivity index is 1.81. The number of carbonyl (C=O) groups excluding carboxylic acids is 1. The van der Waals surface area contributed by atoms with Crippen molar-refractivity contribution in [3.63, 3.8) is 0 Å². The minimum Gasteiger partial charge on any atom is -0.341 e. The molecule has 1 N–H and O–H groups in total. The number of halogens is 1. The van der Waals surface area contributed by atoms with Crippen LogP contribution in [0.2, 0.25) is 0 Å². The molecule has 1 heterocycles. The van der Waals surface area contributed by atoms with E-state index in [9.17, 15) is 9.18 Å². The van der Waals surface area contributed by atoms with Crippen molar-refractivity contribution in [2.24, 2.45) is 0 Å². The van der Waals surface area contributed by atoms with E-state index in [0.717, 1.165) is 38.2 Å². The zero-order valence-corrected chi connectivity index (χ0v) is 10.5. The number of carbonyl (C=O) groups is 1. The normalized spacial score (nSPS) is 16.4. The fraction of sp³-hybridized carbons (Fsp3) is 0.500. The number of hydrogen-bond acceptors (Lipinski definition) is 2. The molecule has 0 bridgehead atoms. The lowest BCUT2D eigenvalue weighted by molar-refractivity contribution is -0.130. The second-order valence-corrected chi connectivity index (χ2v) is 4.61. The molecule has 1 aromatic carbocycles. The van der Waals surface area contributed by atoms with Crippen LogP contribution in [-0.4, -0.2) is 37.0 Å². The standard InChI is InChI=1S/C14H19FN2O/c15-13-5-2-12(3-6-13)4-7-14(18)17-10-1-8-16-9-11-17/h2-3,5-6,16H,1,4,7-11H2. The van der Waals surface area contributed by atoms with E-state index < -0.39 is 0 Å². The van der Waals surface area contributed by atoms with Crippen molar-refractivity contribution in [1.82, 2.24) is 10.2 Å². The largest absolute Gasteiger partial charge is 0.341 e. The SMILES string of the molecule is O=C(CCc1ccc(F)cc1)N1CCCNCC1. The molecule has 1 fully saturated rings. The van der Waals surface area contributed by atoms with Crippen molar-refractivity contribution in [3.8, 4) is 0 Å². The lowest BCUT2D eigenvalue weighted by Gasteiger charge is -2.19. The van der Waals surface area contributed by atoms with E-state index in [0.29, 0.717) is 12.8 Å². The third-order valence-corrected chi connectivity index (χ3v) is 3.23. The van der Waals surface area contributed by atoms with Crippen LogP contribution in [-0.2, 0) is 11.2 Å². The highest BCUT2D eigenvalue weighted by atomic mass is 19.1. The van der Waals surface area contributed by atoms with Gasteiger partial charge in [-0.3, -0.25) is 4.79 Å². The maximum absolute atomic E-state index is 12.7. The highest BCUT2D eigenvalue weighted by Gasteiger charge is 2.14. The molecule has 0 unspecified atom stereocenters. The Kier molecular flexibility index (Phi) is 4.70. The Labute approximate surface area is 107 Å². The van der Waals surface area contributed by atoms with Crippen LogP contribution >= 0.6 is 0 Å². The second kappa shape index (κ2) is 6.50. The Morgan fingerprint density at radius 1 is 1.22 bits per heavy atom. The quantitative estimate of drug-likeness (QED) is 0.883. The Hall–Kier alpha value is -1.42. The average molecular weight is 250 g/mol. The predicted molar refractivity (Wildman–Crippen MR) is 68.8 cm³/mol. The summed E-state index contributed by atoms with van der Waals surface area (Å²) in [7, 11) is 0.